The molecule has 0 amide bonds. The lowest BCUT2D eigenvalue weighted by Crippen LogP contribution is -2.29. The number of nitrogens with one attached hydrogen (secondary N) is 1. The van der Waals surface area contributed by atoms with Gasteiger partial charge in [0.05, 0.1) is 19.3 Å². The third-order valence-corrected chi connectivity index (χ3v) is 3.73. The van der Waals surface area contributed by atoms with Crippen molar-refractivity contribution in [1.82, 2.24) is 10.4 Å². The summed E-state index contributed by atoms with van der Waals surface area (Å²) in [6.07, 6.45) is 4.24. The maximum Gasteiger partial charge on any atom is 0.137 e. The molecule has 2 rings (SSSR count). The Morgan fingerprint density at radius 1 is 1.37 bits per heavy atom. The number of methoxy groups -OCH3 is 1. The van der Waals surface area contributed by atoms with E-state index in [1.54, 1.807) is 19.5 Å². The quantitative estimate of drug-likeness (QED) is 0.656. The number of hydrazine groups is 1. The number of rotatable bonds is 5. The highest BCUT2D eigenvalue weighted by molar-refractivity contribution is 9.10. The molecule has 1 aromatic heterocycles. The summed E-state index contributed by atoms with van der Waals surface area (Å²) < 4.78 is 6.26. The molecular formula is C14H16BrN3O. The number of hydrogen-bond acceptors (Lipinski definition) is 4. The number of ether oxygens (including phenoxy) is 1. The standard InChI is InChI=1S/C14H16BrN3O/c1-19-12-6-11(8-17-9-12)14(18-16)7-10-4-2-3-5-13(10)15/h2-6,8-9,14,18H,7,16H2,1H3. The summed E-state index contributed by atoms with van der Waals surface area (Å²) in [4.78, 5) is 4.16. The van der Waals surface area contributed by atoms with Gasteiger partial charge in [0.2, 0.25) is 0 Å². The van der Waals surface area contributed by atoms with Crippen LogP contribution in [0.2, 0.25) is 0 Å². The van der Waals surface area contributed by atoms with Crippen LogP contribution in [0.5, 0.6) is 5.75 Å². The van der Waals surface area contributed by atoms with Crippen LogP contribution in [0.3, 0.4) is 0 Å². The van der Waals surface area contributed by atoms with Gasteiger partial charge in [-0.1, -0.05) is 34.1 Å². The second-order valence-corrected chi connectivity index (χ2v) is 5.03. The minimum Gasteiger partial charge on any atom is -0.495 e. The summed E-state index contributed by atoms with van der Waals surface area (Å²) in [5.74, 6) is 6.39. The smallest absolute Gasteiger partial charge is 0.137 e. The van der Waals surface area contributed by atoms with E-state index >= 15 is 0 Å². The first kappa shape index (κ1) is 14.0. The summed E-state index contributed by atoms with van der Waals surface area (Å²) in [6.45, 7) is 0. The van der Waals surface area contributed by atoms with Crippen molar-refractivity contribution in [1.29, 1.82) is 0 Å². The lowest BCUT2D eigenvalue weighted by Gasteiger charge is -2.17. The van der Waals surface area contributed by atoms with Crippen LogP contribution in [0.15, 0.2) is 47.2 Å². The summed E-state index contributed by atoms with van der Waals surface area (Å²) in [6, 6.07) is 10.0. The number of benzene rings is 1. The molecule has 19 heavy (non-hydrogen) atoms. The molecule has 0 aliphatic carbocycles. The molecule has 0 saturated carbocycles. The van der Waals surface area contributed by atoms with Gasteiger partial charge in [0.1, 0.15) is 5.75 Å². The van der Waals surface area contributed by atoms with Crippen molar-refractivity contribution in [2.45, 2.75) is 12.5 Å². The average Bonchev–Trinajstić information content (AvgIpc) is 2.46. The van der Waals surface area contributed by atoms with Gasteiger partial charge in [-0.2, -0.15) is 0 Å². The Bertz CT molecular complexity index is 548. The van der Waals surface area contributed by atoms with E-state index in [2.05, 4.69) is 32.4 Å². The molecule has 3 N–H and O–H groups in total. The molecule has 0 spiro atoms. The van der Waals surface area contributed by atoms with Crippen LogP contribution in [0.25, 0.3) is 0 Å². The van der Waals surface area contributed by atoms with Crippen molar-refractivity contribution in [3.05, 3.63) is 58.3 Å². The molecule has 1 aromatic carbocycles. The van der Waals surface area contributed by atoms with E-state index in [4.69, 9.17) is 10.6 Å². The van der Waals surface area contributed by atoms with E-state index in [9.17, 15) is 0 Å². The van der Waals surface area contributed by atoms with E-state index in [0.717, 1.165) is 22.2 Å². The van der Waals surface area contributed by atoms with Gasteiger partial charge in [-0.3, -0.25) is 16.3 Å². The highest BCUT2D eigenvalue weighted by atomic mass is 79.9. The second kappa shape index (κ2) is 6.65. The van der Waals surface area contributed by atoms with Crippen LogP contribution < -0.4 is 16.0 Å². The predicted molar refractivity (Wildman–Crippen MR) is 78.7 cm³/mol. The molecule has 5 heteroatoms. The molecule has 4 nitrogen and oxygen atoms in total. The molecule has 2 aromatic rings. The predicted octanol–water partition coefficient (Wildman–Crippen LogP) is 2.60. The van der Waals surface area contributed by atoms with Crippen LogP contribution in [0, 0.1) is 0 Å². The first-order valence-corrected chi connectivity index (χ1v) is 6.72. The van der Waals surface area contributed by atoms with Gasteiger partial charge in [0, 0.05) is 10.7 Å². The SMILES string of the molecule is COc1cncc(C(Cc2ccccc2Br)NN)c1. The maximum atomic E-state index is 5.66. The Kier molecular flexibility index (Phi) is 4.90. The van der Waals surface area contributed by atoms with E-state index in [0.29, 0.717) is 0 Å². The molecule has 1 atom stereocenters. The van der Waals surface area contributed by atoms with Crippen molar-refractivity contribution >= 4 is 15.9 Å². The summed E-state index contributed by atoms with van der Waals surface area (Å²) >= 11 is 3.55. The molecule has 1 heterocycles. The van der Waals surface area contributed by atoms with Gasteiger partial charge in [-0.25, -0.2) is 0 Å². The van der Waals surface area contributed by atoms with Gasteiger partial charge in [-0.15, -0.1) is 0 Å². The van der Waals surface area contributed by atoms with Gasteiger partial charge >= 0.3 is 0 Å². The van der Waals surface area contributed by atoms with Crippen LogP contribution >= 0.6 is 15.9 Å². The Balaban J connectivity index is 2.22. The van der Waals surface area contributed by atoms with Crippen molar-refractivity contribution in [2.75, 3.05) is 7.11 Å². The summed E-state index contributed by atoms with van der Waals surface area (Å²) in [5, 5.41) is 0. The highest BCUT2D eigenvalue weighted by Crippen LogP contribution is 2.24. The molecule has 0 saturated heterocycles. The number of hydrogen-bond donors (Lipinski definition) is 2. The van der Waals surface area contributed by atoms with Crippen molar-refractivity contribution < 1.29 is 4.74 Å². The number of aromatic nitrogens is 1. The number of nitrogens with zero attached hydrogens (tertiary/aromatic N) is 1. The lowest BCUT2D eigenvalue weighted by molar-refractivity contribution is 0.410. The first-order chi connectivity index (χ1) is 9.24. The molecule has 0 fully saturated rings. The molecule has 0 aliphatic heterocycles. The van der Waals surface area contributed by atoms with E-state index in [1.807, 2.05) is 24.3 Å². The molecule has 0 bridgehead atoms. The zero-order chi connectivity index (χ0) is 13.7. The molecule has 100 valence electrons. The first-order valence-electron chi connectivity index (χ1n) is 5.93. The maximum absolute atomic E-state index is 5.66. The molecular weight excluding hydrogens is 306 g/mol. The van der Waals surface area contributed by atoms with E-state index in [1.165, 1.54) is 5.56 Å². The minimum atomic E-state index is -0.0127. The Morgan fingerprint density at radius 3 is 2.84 bits per heavy atom. The fraction of sp³-hybridized carbons (Fsp3) is 0.214. The van der Waals surface area contributed by atoms with Gasteiger partial charge < -0.3 is 4.74 Å². The Hall–Kier alpha value is -1.43. The van der Waals surface area contributed by atoms with E-state index < -0.39 is 0 Å². The van der Waals surface area contributed by atoms with Gasteiger partial charge in [-0.05, 0) is 29.7 Å². The third kappa shape index (κ3) is 3.53. The van der Waals surface area contributed by atoms with Crippen molar-refractivity contribution in [3.63, 3.8) is 0 Å². The largest absolute Gasteiger partial charge is 0.495 e. The van der Waals surface area contributed by atoms with Crippen LogP contribution in [-0.4, -0.2) is 12.1 Å². The zero-order valence-corrected chi connectivity index (χ0v) is 12.2. The van der Waals surface area contributed by atoms with Crippen molar-refractivity contribution in [3.8, 4) is 5.75 Å². The van der Waals surface area contributed by atoms with E-state index in [-0.39, 0.29) is 6.04 Å². The van der Waals surface area contributed by atoms with Gasteiger partial charge in [0.25, 0.3) is 0 Å². The zero-order valence-electron chi connectivity index (χ0n) is 10.6. The van der Waals surface area contributed by atoms with Crippen molar-refractivity contribution in [2.24, 2.45) is 5.84 Å². The molecule has 1 unspecified atom stereocenters. The average molecular weight is 322 g/mol. The van der Waals surface area contributed by atoms with Crippen LogP contribution in [-0.2, 0) is 6.42 Å². The Labute approximate surface area is 121 Å². The Morgan fingerprint density at radius 2 is 2.16 bits per heavy atom. The monoisotopic (exact) mass is 321 g/mol. The fourth-order valence-electron chi connectivity index (χ4n) is 1.89. The molecule has 0 aliphatic rings. The second-order valence-electron chi connectivity index (χ2n) is 4.17. The van der Waals surface area contributed by atoms with Crippen LogP contribution in [0.1, 0.15) is 17.2 Å². The molecule has 0 radical (unpaired) electrons. The summed E-state index contributed by atoms with van der Waals surface area (Å²) in [5.41, 5.74) is 5.01. The summed E-state index contributed by atoms with van der Waals surface area (Å²) in [7, 11) is 1.62. The van der Waals surface area contributed by atoms with Gasteiger partial charge in [0.15, 0.2) is 0 Å². The number of pyridine rings is 1. The normalized spacial score (nSPS) is 12.2. The topological polar surface area (TPSA) is 60.2 Å². The number of nitrogens with two attached hydrogens (primary N) is 1. The third-order valence-electron chi connectivity index (χ3n) is 2.96. The van der Waals surface area contributed by atoms with Crippen LogP contribution in [0.4, 0.5) is 0 Å². The minimum absolute atomic E-state index is 0.0127. The highest BCUT2D eigenvalue weighted by Gasteiger charge is 2.13. The fourth-order valence-corrected chi connectivity index (χ4v) is 2.34. The number of halogens is 1. The lowest BCUT2D eigenvalue weighted by atomic mass is 10.0.